The first kappa shape index (κ1) is 15.1. The van der Waals surface area contributed by atoms with Crippen molar-refractivity contribution >= 4 is 29.9 Å². The van der Waals surface area contributed by atoms with Crippen LogP contribution in [0.1, 0.15) is 6.42 Å². The maximum absolute atomic E-state index is 11.8. The van der Waals surface area contributed by atoms with Gasteiger partial charge in [0.1, 0.15) is 5.75 Å². The highest BCUT2D eigenvalue weighted by Gasteiger charge is 2.23. The number of carbonyl (C=O) groups excluding carboxylic acids is 1. The molecule has 0 unspecified atom stereocenters. The predicted molar refractivity (Wildman–Crippen MR) is 73.4 cm³/mol. The average Bonchev–Trinajstić information content (AvgIpc) is 2.75. The number of benzene rings is 1. The third kappa shape index (κ3) is 4.05. The third-order valence-electron chi connectivity index (χ3n) is 2.75. The highest BCUT2D eigenvalue weighted by Crippen LogP contribution is 2.16. The minimum absolute atomic E-state index is 0. The van der Waals surface area contributed by atoms with Gasteiger partial charge in [0.25, 0.3) is 5.91 Å². The fourth-order valence-electron chi connectivity index (χ4n) is 1.78. The lowest BCUT2D eigenvalue weighted by Gasteiger charge is -2.16. The van der Waals surface area contributed by atoms with Crippen molar-refractivity contribution in [2.45, 2.75) is 12.5 Å². The van der Waals surface area contributed by atoms with Crippen molar-refractivity contribution in [1.82, 2.24) is 4.90 Å². The van der Waals surface area contributed by atoms with E-state index >= 15 is 0 Å². The van der Waals surface area contributed by atoms with E-state index in [9.17, 15) is 4.79 Å². The van der Waals surface area contributed by atoms with Gasteiger partial charge in [-0.05, 0) is 30.7 Å². The summed E-state index contributed by atoms with van der Waals surface area (Å²) < 4.78 is 5.38. The number of hydrogen-bond acceptors (Lipinski definition) is 3. The quantitative estimate of drug-likeness (QED) is 0.922. The van der Waals surface area contributed by atoms with Gasteiger partial charge in [0.15, 0.2) is 6.61 Å². The minimum atomic E-state index is -0.0205. The first-order chi connectivity index (χ1) is 8.15. The van der Waals surface area contributed by atoms with Crippen molar-refractivity contribution in [2.24, 2.45) is 5.73 Å². The molecule has 0 saturated carbocycles. The molecule has 0 aliphatic carbocycles. The molecule has 2 rings (SSSR count). The van der Waals surface area contributed by atoms with E-state index in [4.69, 9.17) is 22.1 Å². The molecular weight excluding hydrogens is 275 g/mol. The van der Waals surface area contributed by atoms with Crippen LogP contribution in [-0.2, 0) is 4.79 Å². The molecule has 100 valence electrons. The molecule has 18 heavy (non-hydrogen) atoms. The second kappa shape index (κ2) is 6.83. The van der Waals surface area contributed by atoms with Crippen LogP contribution in [0.2, 0.25) is 5.02 Å². The lowest BCUT2D eigenvalue weighted by Crippen LogP contribution is -2.35. The molecule has 1 aromatic carbocycles. The fraction of sp³-hybridized carbons (Fsp3) is 0.417. The van der Waals surface area contributed by atoms with Crippen molar-refractivity contribution in [1.29, 1.82) is 0 Å². The summed E-state index contributed by atoms with van der Waals surface area (Å²) in [4.78, 5) is 13.5. The Morgan fingerprint density at radius 2 is 2.11 bits per heavy atom. The summed E-state index contributed by atoms with van der Waals surface area (Å²) in [6.07, 6.45) is 0.868. The number of nitrogens with zero attached hydrogens (tertiary/aromatic N) is 1. The molecule has 1 aromatic rings. The molecule has 0 spiro atoms. The van der Waals surface area contributed by atoms with E-state index in [1.165, 1.54) is 0 Å². The van der Waals surface area contributed by atoms with Crippen LogP contribution in [0.15, 0.2) is 24.3 Å². The van der Waals surface area contributed by atoms with E-state index < -0.39 is 0 Å². The Kier molecular flexibility index (Phi) is 5.72. The molecule has 1 aliphatic heterocycles. The van der Waals surface area contributed by atoms with Crippen molar-refractivity contribution in [3.05, 3.63) is 29.3 Å². The molecule has 0 bridgehead atoms. The van der Waals surface area contributed by atoms with E-state index in [0.717, 1.165) is 13.0 Å². The standard InChI is InChI=1S/C12H15ClN2O2.ClH/c13-9-1-3-11(4-2-9)17-8-12(16)15-6-5-10(14)7-15;/h1-4,10H,5-8,14H2;1H/t10-;/m0./s1. The lowest BCUT2D eigenvalue weighted by atomic mass is 10.3. The molecule has 4 nitrogen and oxygen atoms in total. The Morgan fingerprint density at radius 1 is 1.44 bits per heavy atom. The molecule has 1 fully saturated rings. The monoisotopic (exact) mass is 290 g/mol. The van der Waals surface area contributed by atoms with Crippen molar-refractivity contribution in [3.8, 4) is 5.75 Å². The van der Waals surface area contributed by atoms with Gasteiger partial charge in [-0.15, -0.1) is 12.4 Å². The van der Waals surface area contributed by atoms with E-state index in [1.54, 1.807) is 29.2 Å². The molecular formula is C12H16Cl2N2O2. The van der Waals surface area contributed by atoms with Crippen LogP contribution in [-0.4, -0.2) is 36.5 Å². The molecule has 1 amide bonds. The number of ether oxygens (including phenoxy) is 1. The van der Waals surface area contributed by atoms with Crippen molar-refractivity contribution < 1.29 is 9.53 Å². The number of rotatable bonds is 3. The summed E-state index contributed by atoms with van der Waals surface area (Å²) >= 11 is 5.75. The Balaban J connectivity index is 0.00000162. The van der Waals surface area contributed by atoms with Gasteiger partial charge in [0.05, 0.1) is 0 Å². The van der Waals surface area contributed by atoms with Crippen LogP contribution in [0.5, 0.6) is 5.75 Å². The zero-order valence-electron chi connectivity index (χ0n) is 9.84. The smallest absolute Gasteiger partial charge is 0.260 e. The Bertz CT molecular complexity index is 398. The Hall–Kier alpha value is -0.970. The number of halogens is 2. The summed E-state index contributed by atoms with van der Waals surface area (Å²) in [5, 5.41) is 0.647. The van der Waals surface area contributed by atoms with Gasteiger partial charge in [-0.25, -0.2) is 0 Å². The summed E-state index contributed by atoms with van der Waals surface area (Å²) in [5.74, 6) is 0.624. The minimum Gasteiger partial charge on any atom is -0.484 e. The largest absolute Gasteiger partial charge is 0.484 e. The SMILES string of the molecule is Cl.N[C@H]1CCN(C(=O)COc2ccc(Cl)cc2)C1. The van der Waals surface area contributed by atoms with E-state index in [-0.39, 0.29) is 31.0 Å². The molecule has 1 saturated heterocycles. The maximum atomic E-state index is 11.8. The first-order valence-corrected chi connectivity index (χ1v) is 5.94. The molecule has 1 aliphatic rings. The van der Waals surface area contributed by atoms with Crippen LogP contribution in [0.4, 0.5) is 0 Å². The van der Waals surface area contributed by atoms with Gasteiger partial charge in [0.2, 0.25) is 0 Å². The topological polar surface area (TPSA) is 55.6 Å². The second-order valence-corrected chi connectivity index (χ2v) is 4.57. The normalized spacial score (nSPS) is 18.3. The van der Waals surface area contributed by atoms with E-state index in [0.29, 0.717) is 17.3 Å². The van der Waals surface area contributed by atoms with Gasteiger partial charge in [-0.3, -0.25) is 4.79 Å². The zero-order chi connectivity index (χ0) is 12.3. The summed E-state index contributed by atoms with van der Waals surface area (Å²) in [7, 11) is 0. The van der Waals surface area contributed by atoms with Crippen LogP contribution in [0.25, 0.3) is 0 Å². The predicted octanol–water partition coefficient (Wildman–Crippen LogP) is 1.70. The van der Waals surface area contributed by atoms with Gasteiger partial charge < -0.3 is 15.4 Å². The van der Waals surface area contributed by atoms with Gasteiger partial charge >= 0.3 is 0 Å². The Labute approximate surface area is 117 Å². The summed E-state index contributed by atoms with van der Waals surface area (Å²) in [6, 6.07) is 7.05. The molecule has 0 radical (unpaired) electrons. The molecule has 0 aromatic heterocycles. The summed E-state index contributed by atoms with van der Waals surface area (Å²) in [6.45, 7) is 1.40. The Morgan fingerprint density at radius 3 is 2.67 bits per heavy atom. The van der Waals surface area contributed by atoms with Crippen LogP contribution >= 0.6 is 24.0 Å². The van der Waals surface area contributed by atoms with Crippen LogP contribution in [0, 0.1) is 0 Å². The average molecular weight is 291 g/mol. The molecule has 1 atom stereocenters. The fourth-order valence-corrected chi connectivity index (χ4v) is 1.91. The van der Waals surface area contributed by atoms with E-state index in [2.05, 4.69) is 0 Å². The van der Waals surface area contributed by atoms with E-state index in [1.807, 2.05) is 0 Å². The third-order valence-corrected chi connectivity index (χ3v) is 3.01. The van der Waals surface area contributed by atoms with Crippen molar-refractivity contribution in [3.63, 3.8) is 0 Å². The molecule has 6 heteroatoms. The summed E-state index contributed by atoms with van der Waals surface area (Å²) in [5.41, 5.74) is 5.74. The van der Waals surface area contributed by atoms with Gasteiger partial charge in [-0.1, -0.05) is 11.6 Å². The zero-order valence-corrected chi connectivity index (χ0v) is 11.4. The molecule has 2 N–H and O–H groups in total. The number of likely N-dealkylation sites (tertiary alicyclic amines) is 1. The highest BCUT2D eigenvalue weighted by molar-refractivity contribution is 6.30. The molecule has 1 heterocycles. The maximum Gasteiger partial charge on any atom is 0.260 e. The van der Waals surface area contributed by atoms with Crippen LogP contribution in [0.3, 0.4) is 0 Å². The number of hydrogen-bond donors (Lipinski definition) is 1. The van der Waals surface area contributed by atoms with Crippen molar-refractivity contribution in [2.75, 3.05) is 19.7 Å². The highest BCUT2D eigenvalue weighted by atomic mass is 35.5. The lowest BCUT2D eigenvalue weighted by molar-refractivity contribution is -0.132. The van der Waals surface area contributed by atoms with Gasteiger partial charge in [0, 0.05) is 24.2 Å². The first-order valence-electron chi connectivity index (χ1n) is 5.57. The number of nitrogens with two attached hydrogens (primary N) is 1. The number of carbonyl (C=O) groups is 1. The second-order valence-electron chi connectivity index (χ2n) is 4.13. The van der Waals surface area contributed by atoms with Gasteiger partial charge in [-0.2, -0.15) is 0 Å². The number of amides is 1. The van der Waals surface area contributed by atoms with Crippen LogP contribution < -0.4 is 10.5 Å².